The molecule has 0 atom stereocenters. The lowest BCUT2D eigenvalue weighted by Crippen LogP contribution is -2.37. The number of ether oxygens (including phenoxy) is 1. The van der Waals surface area contributed by atoms with Crippen LogP contribution in [0.4, 0.5) is 19.3 Å². The zero-order valence-corrected chi connectivity index (χ0v) is 9.98. The number of carbonyl (C=O) groups is 3. The first-order valence-electron chi connectivity index (χ1n) is 5.24. The zero-order valence-electron chi connectivity index (χ0n) is 9.98. The highest BCUT2D eigenvalue weighted by atomic mass is 19.1. The molecule has 0 aromatic heterocycles. The molecule has 108 valence electrons. The monoisotopic (exact) mass is 288 g/mol. The highest BCUT2D eigenvalue weighted by molar-refractivity contribution is 6.01. The van der Waals surface area contributed by atoms with Crippen LogP contribution in [0.5, 0.6) is 0 Å². The van der Waals surface area contributed by atoms with Crippen LogP contribution in [0.3, 0.4) is 0 Å². The predicted octanol–water partition coefficient (Wildman–Crippen LogP) is 0.714. The van der Waals surface area contributed by atoms with Gasteiger partial charge in [-0.1, -0.05) is 0 Å². The zero-order chi connectivity index (χ0) is 15.1. The molecule has 0 radical (unpaired) electrons. The summed E-state index contributed by atoms with van der Waals surface area (Å²) in [6, 6.07) is 1.42. The van der Waals surface area contributed by atoms with Gasteiger partial charge in [0.25, 0.3) is 5.91 Å². The second-order valence-electron chi connectivity index (χ2n) is 3.51. The molecule has 3 N–H and O–H groups in total. The van der Waals surface area contributed by atoms with Gasteiger partial charge in [-0.3, -0.25) is 10.1 Å². The summed E-state index contributed by atoms with van der Waals surface area (Å²) in [4.78, 5) is 32.5. The molecule has 1 aromatic carbocycles. The number of benzene rings is 1. The van der Waals surface area contributed by atoms with Gasteiger partial charge in [0.1, 0.15) is 24.8 Å². The number of carboxylic acids is 1. The van der Waals surface area contributed by atoms with Crippen LogP contribution in [-0.2, 0) is 14.3 Å². The summed E-state index contributed by atoms with van der Waals surface area (Å²) < 4.78 is 30.2. The van der Waals surface area contributed by atoms with E-state index in [1.165, 1.54) is 0 Å². The Labute approximate surface area is 111 Å². The SMILES string of the molecule is O=C(O)COCC(=O)NC(=O)Nc1ccc(F)cc1F. The van der Waals surface area contributed by atoms with Gasteiger partial charge in [0.2, 0.25) is 0 Å². The van der Waals surface area contributed by atoms with Gasteiger partial charge < -0.3 is 15.2 Å². The van der Waals surface area contributed by atoms with E-state index in [-0.39, 0.29) is 5.69 Å². The number of carbonyl (C=O) groups excluding carboxylic acids is 2. The topological polar surface area (TPSA) is 105 Å². The third-order valence-corrected chi connectivity index (χ3v) is 1.89. The summed E-state index contributed by atoms with van der Waals surface area (Å²) in [5.74, 6) is -4.00. The highest BCUT2D eigenvalue weighted by Crippen LogP contribution is 2.14. The first kappa shape index (κ1) is 15.5. The molecular weight excluding hydrogens is 278 g/mol. The van der Waals surface area contributed by atoms with E-state index < -0.39 is 42.8 Å². The molecule has 0 unspecified atom stereocenters. The summed E-state index contributed by atoms with van der Waals surface area (Å²) in [5, 5.41) is 12.0. The number of urea groups is 1. The van der Waals surface area contributed by atoms with Gasteiger partial charge in [-0.15, -0.1) is 0 Å². The third-order valence-electron chi connectivity index (χ3n) is 1.89. The van der Waals surface area contributed by atoms with E-state index in [9.17, 15) is 23.2 Å². The van der Waals surface area contributed by atoms with E-state index in [0.29, 0.717) is 6.07 Å². The molecule has 7 nitrogen and oxygen atoms in total. The summed E-state index contributed by atoms with van der Waals surface area (Å²) in [6.07, 6.45) is 0. The Morgan fingerprint density at radius 3 is 2.50 bits per heavy atom. The minimum absolute atomic E-state index is 0.317. The molecule has 0 heterocycles. The number of rotatable bonds is 5. The van der Waals surface area contributed by atoms with E-state index >= 15 is 0 Å². The minimum atomic E-state index is -1.27. The molecule has 3 amide bonds. The lowest BCUT2D eigenvalue weighted by Gasteiger charge is -2.07. The smallest absolute Gasteiger partial charge is 0.329 e. The van der Waals surface area contributed by atoms with Crippen molar-refractivity contribution in [3.63, 3.8) is 0 Å². The highest BCUT2D eigenvalue weighted by Gasteiger charge is 2.11. The Morgan fingerprint density at radius 1 is 1.20 bits per heavy atom. The maximum Gasteiger partial charge on any atom is 0.329 e. The minimum Gasteiger partial charge on any atom is -0.480 e. The third kappa shape index (κ3) is 5.40. The van der Waals surface area contributed by atoms with Crippen molar-refractivity contribution in [3.05, 3.63) is 29.8 Å². The number of nitrogens with one attached hydrogen (secondary N) is 2. The fourth-order valence-corrected chi connectivity index (χ4v) is 1.14. The molecule has 1 rings (SSSR count). The average Bonchev–Trinajstić information content (AvgIpc) is 2.32. The lowest BCUT2D eigenvalue weighted by molar-refractivity contribution is -0.143. The van der Waals surface area contributed by atoms with Crippen molar-refractivity contribution in [1.29, 1.82) is 0 Å². The van der Waals surface area contributed by atoms with Crippen LogP contribution in [0.1, 0.15) is 0 Å². The number of halogens is 2. The summed E-state index contributed by atoms with van der Waals surface area (Å²) >= 11 is 0. The van der Waals surface area contributed by atoms with Crippen LogP contribution < -0.4 is 10.6 Å². The molecular formula is C11H10F2N2O5. The van der Waals surface area contributed by atoms with Gasteiger partial charge in [-0.05, 0) is 12.1 Å². The summed E-state index contributed by atoms with van der Waals surface area (Å²) in [6.45, 7) is -1.34. The Hall–Kier alpha value is -2.55. The van der Waals surface area contributed by atoms with Crippen molar-refractivity contribution in [3.8, 4) is 0 Å². The fraction of sp³-hybridized carbons (Fsp3) is 0.182. The van der Waals surface area contributed by atoms with Crippen molar-refractivity contribution in [2.75, 3.05) is 18.5 Å². The molecule has 0 aliphatic rings. The molecule has 0 aliphatic heterocycles. The number of amides is 3. The Bertz CT molecular complexity index is 536. The molecule has 0 bridgehead atoms. The van der Waals surface area contributed by atoms with Crippen LogP contribution in [-0.4, -0.2) is 36.2 Å². The molecule has 0 saturated carbocycles. The van der Waals surface area contributed by atoms with Gasteiger partial charge in [0, 0.05) is 6.07 Å². The van der Waals surface area contributed by atoms with Crippen molar-refractivity contribution in [1.82, 2.24) is 5.32 Å². The predicted molar refractivity (Wildman–Crippen MR) is 62.0 cm³/mol. The lowest BCUT2D eigenvalue weighted by atomic mass is 10.3. The van der Waals surface area contributed by atoms with Crippen LogP contribution in [0.2, 0.25) is 0 Å². The van der Waals surface area contributed by atoms with Crippen molar-refractivity contribution in [2.24, 2.45) is 0 Å². The van der Waals surface area contributed by atoms with E-state index in [1.807, 2.05) is 5.32 Å². The standard InChI is InChI=1S/C11H10F2N2O5/c12-6-1-2-8(7(13)3-6)14-11(19)15-9(16)4-20-5-10(17)18/h1-3H,4-5H2,(H,17,18)(H2,14,15,16,19). The fourth-order valence-electron chi connectivity index (χ4n) is 1.14. The maximum atomic E-state index is 13.2. The quantitative estimate of drug-likeness (QED) is 0.740. The van der Waals surface area contributed by atoms with Gasteiger partial charge in [-0.2, -0.15) is 0 Å². The van der Waals surface area contributed by atoms with E-state index in [1.54, 1.807) is 5.32 Å². The number of hydrogen-bond acceptors (Lipinski definition) is 4. The van der Waals surface area contributed by atoms with Crippen LogP contribution in [0.25, 0.3) is 0 Å². The van der Waals surface area contributed by atoms with Crippen molar-refractivity contribution < 1.29 is 33.0 Å². The maximum absolute atomic E-state index is 13.2. The van der Waals surface area contributed by atoms with Crippen LogP contribution in [0.15, 0.2) is 18.2 Å². The second kappa shape index (κ2) is 7.14. The number of aliphatic carboxylic acids is 1. The molecule has 0 saturated heterocycles. The largest absolute Gasteiger partial charge is 0.480 e. The van der Waals surface area contributed by atoms with Crippen LogP contribution in [0, 0.1) is 11.6 Å². The van der Waals surface area contributed by atoms with E-state index in [2.05, 4.69) is 4.74 Å². The number of anilines is 1. The van der Waals surface area contributed by atoms with Gasteiger partial charge in [0.05, 0.1) is 5.69 Å². The average molecular weight is 288 g/mol. The normalized spacial score (nSPS) is 9.90. The first-order chi connectivity index (χ1) is 9.38. The number of carboxylic acid groups (broad SMARTS) is 1. The Kier molecular flexibility index (Phi) is 5.54. The van der Waals surface area contributed by atoms with E-state index in [4.69, 9.17) is 5.11 Å². The van der Waals surface area contributed by atoms with Crippen molar-refractivity contribution in [2.45, 2.75) is 0 Å². The molecule has 0 fully saturated rings. The Balaban J connectivity index is 2.43. The molecule has 0 aliphatic carbocycles. The molecule has 0 spiro atoms. The van der Waals surface area contributed by atoms with E-state index in [0.717, 1.165) is 12.1 Å². The molecule has 20 heavy (non-hydrogen) atoms. The summed E-state index contributed by atoms with van der Waals surface area (Å²) in [5.41, 5.74) is -0.317. The Morgan fingerprint density at radius 2 is 1.90 bits per heavy atom. The van der Waals surface area contributed by atoms with Crippen molar-refractivity contribution >= 4 is 23.6 Å². The molecule has 1 aromatic rings. The number of imide groups is 1. The van der Waals surface area contributed by atoms with Gasteiger partial charge in [-0.25, -0.2) is 18.4 Å². The number of hydrogen-bond donors (Lipinski definition) is 3. The van der Waals surface area contributed by atoms with Gasteiger partial charge in [0.15, 0.2) is 0 Å². The summed E-state index contributed by atoms with van der Waals surface area (Å²) in [7, 11) is 0. The molecule has 9 heteroatoms. The first-order valence-corrected chi connectivity index (χ1v) is 5.24. The van der Waals surface area contributed by atoms with Crippen LogP contribution >= 0.6 is 0 Å². The second-order valence-corrected chi connectivity index (χ2v) is 3.51. The van der Waals surface area contributed by atoms with Gasteiger partial charge >= 0.3 is 12.0 Å².